The van der Waals surface area contributed by atoms with Gasteiger partial charge < -0.3 is 0 Å². The van der Waals surface area contributed by atoms with Crippen molar-refractivity contribution in [2.45, 2.75) is 65.8 Å². The highest BCUT2D eigenvalue weighted by Gasteiger charge is 3.05. The molecular formula is C11F23N. The Balaban J connectivity index is 4.32. The monoisotopic (exact) mass is 583 g/mol. The summed E-state index contributed by atoms with van der Waals surface area (Å²) in [6.07, 6.45) is -16.9. The molecule has 0 atom stereocenters. The van der Waals surface area contributed by atoms with Gasteiger partial charge in [0.05, 0.1) is 0 Å². The molecule has 0 spiro atoms. The molecule has 1 fully saturated rings. The van der Waals surface area contributed by atoms with E-state index in [2.05, 4.69) is 0 Å². The van der Waals surface area contributed by atoms with Gasteiger partial charge in [0, 0.05) is 0 Å². The Labute approximate surface area is 173 Å². The van der Waals surface area contributed by atoms with E-state index >= 15 is 0 Å². The zero-order valence-electron chi connectivity index (χ0n) is 14.6. The molecule has 1 saturated carbocycles. The van der Waals surface area contributed by atoms with Gasteiger partial charge in [0.1, 0.15) is 0 Å². The van der Waals surface area contributed by atoms with Gasteiger partial charge in [-0.15, -0.1) is 4.90 Å². The zero-order valence-corrected chi connectivity index (χ0v) is 14.6. The lowest BCUT2D eigenvalue weighted by molar-refractivity contribution is -0.554. The Morgan fingerprint density at radius 3 is 0.857 bits per heavy atom. The molecule has 0 aromatic rings. The van der Waals surface area contributed by atoms with Crippen LogP contribution in [0, 0.1) is 0 Å². The van der Waals surface area contributed by atoms with Crippen molar-refractivity contribution >= 4 is 0 Å². The zero-order chi connectivity index (χ0) is 29.1. The fourth-order valence-electron chi connectivity index (χ4n) is 2.52. The van der Waals surface area contributed by atoms with Gasteiger partial charge in [0.25, 0.3) is 0 Å². The van der Waals surface area contributed by atoms with E-state index in [9.17, 15) is 101 Å². The summed E-state index contributed by atoms with van der Waals surface area (Å²) in [5.74, 6) is -70.7. The molecule has 1 rings (SSSR count). The Bertz CT molecular complexity index is 797. The third kappa shape index (κ3) is 3.14. The topological polar surface area (TPSA) is 3.24 Å². The predicted octanol–water partition coefficient (Wildman–Crippen LogP) is 7.09. The lowest BCUT2D eigenvalue weighted by atomic mass is 9.75. The first-order valence-corrected chi connectivity index (χ1v) is 7.27. The SMILES string of the molecule is FC(F)(F)N(C(F)(F)C(F)(F)C(F)(F)C(F)(F)F)C1(F)C(F)(F)C(F)(F)C(F)(F)C(F)(F)C1(F)F. The maximum absolute atomic E-state index is 14.4. The van der Waals surface area contributed by atoms with Crippen LogP contribution in [0.25, 0.3) is 0 Å². The third-order valence-corrected chi connectivity index (χ3v) is 4.38. The summed E-state index contributed by atoms with van der Waals surface area (Å²) >= 11 is 0. The van der Waals surface area contributed by atoms with Crippen LogP contribution in [-0.4, -0.2) is 70.7 Å². The average Bonchev–Trinajstić information content (AvgIpc) is 2.56. The van der Waals surface area contributed by atoms with Crippen LogP contribution in [0.2, 0.25) is 0 Å². The van der Waals surface area contributed by atoms with Crippen molar-refractivity contribution in [1.82, 2.24) is 4.90 Å². The Kier molecular flexibility index (Phi) is 6.28. The van der Waals surface area contributed by atoms with Crippen LogP contribution in [-0.2, 0) is 0 Å². The number of hydrogen-bond donors (Lipinski definition) is 0. The first-order chi connectivity index (χ1) is 14.6. The Morgan fingerprint density at radius 2 is 0.629 bits per heavy atom. The molecule has 24 heteroatoms. The molecule has 0 aromatic heterocycles. The predicted molar refractivity (Wildman–Crippen MR) is 57.4 cm³/mol. The first-order valence-electron chi connectivity index (χ1n) is 7.27. The van der Waals surface area contributed by atoms with Gasteiger partial charge in [-0.25, -0.2) is 4.39 Å². The van der Waals surface area contributed by atoms with E-state index in [0.717, 1.165) is 0 Å². The highest BCUT2D eigenvalue weighted by atomic mass is 19.4. The van der Waals surface area contributed by atoms with Crippen LogP contribution in [0.1, 0.15) is 0 Å². The highest BCUT2D eigenvalue weighted by molar-refractivity contribution is 5.27. The summed E-state index contributed by atoms with van der Waals surface area (Å²) in [5, 5.41) is 0. The van der Waals surface area contributed by atoms with Crippen molar-refractivity contribution in [1.29, 1.82) is 0 Å². The molecule has 0 bridgehead atoms. The molecular weight excluding hydrogens is 583 g/mol. The van der Waals surface area contributed by atoms with E-state index in [1.165, 1.54) is 0 Å². The second kappa shape index (κ2) is 7.01. The normalized spacial score (nSPS) is 26.1. The van der Waals surface area contributed by atoms with Gasteiger partial charge in [-0.1, -0.05) is 0 Å². The molecule has 0 N–H and O–H groups in total. The van der Waals surface area contributed by atoms with Gasteiger partial charge >= 0.3 is 65.8 Å². The summed E-state index contributed by atoms with van der Waals surface area (Å²) in [7, 11) is 0. The molecule has 0 unspecified atom stereocenters. The average molecular weight is 583 g/mol. The van der Waals surface area contributed by atoms with E-state index in [0.29, 0.717) is 0 Å². The summed E-state index contributed by atoms with van der Waals surface area (Å²) in [6.45, 7) is 0. The molecule has 0 saturated heterocycles. The van der Waals surface area contributed by atoms with E-state index in [1.807, 2.05) is 0 Å². The molecule has 0 radical (unpaired) electrons. The van der Waals surface area contributed by atoms with Gasteiger partial charge in [0.2, 0.25) is 0 Å². The standard InChI is InChI=1S/C11F23N/c12-1(13)2(14,15)4(18,19)8(26,5(20,21)3(1,16)17)35(11(32,33)34)10(30,31)7(24,25)6(22,23)9(27,28)29. The van der Waals surface area contributed by atoms with Crippen LogP contribution in [0.3, 0.4) is 0 Å². The second-order valence-electron chi connectivity index (χ2n) is 6.49. The van der Waals surface area contributed by atoms with E-state index in [1.54, 1.807) is 0 Å². The quantitative estimate of drug-likeness (QED) is 0.253. The highest BCUT2D eigenvalue weighted by Crippen LogP contribution is 2.72. The second-order valence-corrected chi connectivity index (χ2v) is 6.49. The third-order valence-electron chi connectivity index (χ3n) is 4.38. The fourth-order valence-corrected chi connectivity index (χ4v) is 2.52. The lowest BCUT2D eigenvalue weighted by Crippen LogP contribution is -2.90. The van der Waals surface area contributed by atoms with E-state index in [4.69, 9.17) is 0 Å². The Morgan fingerprint density at radius 1 is 0.371 bits per heavy atom. The number of rotatable bonds is 4. The molecule has 210 valence electrons. The Hall–Kier alpha value is -1.65. The summed E-state index contributed by atoms with van der Waals surface area (Å²) in [6, 6.07) is -9.26. The minimum absolute atomic E-state index is 5.51. The molecule has 1 nitrogen and oxygen atoms in total. The number of hydrogen-bond acceptors (Lipinski definition) is 1. The summed E-state index contributed by atoms with van der Waals surface area (Å²) in [4.78, 5) is -5.51. The van der Waals surface area contributed by atoms with Crippen LogP contribution < -0.4 is 0 Å². The van der Waals surface area contributed by atoms with Gasteiger partial charge in [-0.2, -0.15) is 96.6 Å². The number of alkyl halides is 23. The lowest BCUT2D eigenvalue weighted by Gasteiger charge is -2.56. The van der Waals surface area contributed by atoms with Crippen LogP contribution in [0.15, 0.2) is 0 Å². The summed E-state index contributed by atoms with van der Waals surface area (Å²) < 4.78 is 302. The maximum atomic E-state index is 14.4. The van der Waals surface area contributed by atoms with Crippen molar-refractivity contribution in [2.24, 2.45) is 0 Å². The number of halogens is 23. The molecule has 35 heavy (non-hydrogen) atoms. The van der Waals surface area contributed by atoms with Crippen molar-refractivity contribution < 1.29 is 101 Å². The molecule has 0 aromatic carbocycles. The first kappa shape index (κ1) is 31.4. The van der Waals surface area contributed by atoms with Crippen molar-refractivity contribution in [2.75, 3.05) is 0 Å². The number of nitrogens with zero attached hydrogens (tertiary/aromatic N) is 1. The van der Waals surface area contributed by atoms with Crippen LogP contribution in [0.5, 0.6) is 0 Å². The van der Waals surface area contributed by atoms with Crippen LogP contribution in [0.4, 0.5) is 101 Å². The molecule has 1 aliphatic carbocycles. The fraction of sp³-hybridized carbons (Fsp3) is 1.00. The van der Waals surface area contributed by atoms with Crippen LogP contribution >= 0.6 is 0 Å². The maximum Gasteiger partial charge on any atom is 0.467 e. The van der Waals surface area contributed by atoms with Crippen molar-refractivity contribution in [3.63, 3.8) is 0 Å². The molecule has 0 aliphatic heterocycles. The van der Waals surface area contributed by atoms with Crippen molar-refractivity contribution in [3.8, 4) is 0 Å². The van der Waals surface area contributed by atoms with E-state index < -0.39 is 70.7 Å². The van der Waals surface area contributed by atoms with Gasteiger partial charge in [-0.05, 0) is 0 Å². The van der Waals surface area contributed by atoms with Crippen molar-refractivity contribution in [3.05, 3.63) is 0 Å². The van der Waals surface area contributed by atoms with Gasteiger partial charge in [-0.3, -0.25) is 0 Å². The molecule has 0 heterocycles. The molecule has 1 aliphatic rings. The van der Waals surface area contributed by atoms with Gasteiger partial charge in [0.15, 0.2) is 0 Å². The summed E-state index contributed by atoms with van der Waals surface area (Å²) in [5.41, 5.74) is 0. The smallest absolute Gasteiger partial charge is 0.212 e. The minimum atomic E-state index is -9.29. The molecule has 0 amide bonds. The van der Waals surface area contributed by atoms with E-state index in [-0.39, 0.29) is 0 Å². The minimum Gasteiger partial charge on any atom is -0.212 e. The largest absolute Gasteiger partial charge is 0.467 e.